The van der Waals surface area contributed by atoms with Gasteiger partial charge in [0.2, 0.25) is 0 Å². The summed E-state index contributed by atoms with van der Waals surface area (Å²) in [6.45, 7) is 4.25. The van der Waals surface area contributed by atoms with Gasteiger partial charge >= 0.3 is 0 Å². The van der Waals surface area contributed by atoms with Gasteiger partial charge in [0.15, 0.2) is 0 Å². The van der Waals surface area contributed by atoms with Crippen molar-refractivity contribution in [2.45, 2.75) is 46.0 Å². The molecule has 0 bridgehead atoms. The first-order valence-electron chi connectivity index (χ1n) is 5.29. The second kappa shape index (κ2) is 5.05. The van der Waals surface area contributed by atoms with Crippen molar-refractivity contribution in [2.24, 2.45) is 7.05 Å². The third-order valence-electron chi connectivity index (χ3n) is 2.10. The minimum atomic E-state index is 1.19. The zero-order valence-corrected chi connectivity index (χ0v) is 9.01. The molecule has 2 heteroatoms. The van der Waals surface area contributed by atoms with E-state index in [1.54, 1.807) is 0 Å². The second-order valence-corrected chi connectivity index (χ2v) is 3.69. The van der Waals surface area contributed by atoms with Crippen LogP contribution in [0.4, 0.5) is 0 Å². The second-order valence-electron chi connectivity index (χ2n) is 3.69. The van der Waals surface area contributed by atoms with E-state index in [9.17, 15) is 0 Å². The highest BCUT2D eigenvalue weighted by atomic mass is 15.2. The summed E-state index contributed by atoms with van der Waals surface area (Å²) < 4.78 is 1.93. The summed E-state index contributed by atoms with van der Waals surface area (Å²) in [6, 6.07) is 0. The van der Waals surface area contributed by atoms with E-state index in [-0.39, 0.29) is 0 Å². The Hall–Kier alpha value is -0.790. The molecule has 0 unspecified atom stereocenters. The van der Waals surface area contributed by atoms with Gasteiger partial charge in [-0.15, -0.1) is 0 Å². The van der Waals surface area contributed by atoms with Gasteiger partial charge in [-0.05, 0) is 31.2 Å². The van der Waals surface area contributed by atoms with Crippen molar-refractivity contribution in [3.63, 3.8) is 0 Å². The molecule has 1 heterocycles. The monoisotopic (exact) mass is 180 g/mol. The SMILES string of the molecule is CCC.Cn1cc2c(n1)CCCC2. The van der Waals surface area contributed by atoms with Crippen LogP contribution in [0.3, 0.4) is 0 Å². The van der Waals surface area contributed by atoms with E-state index in [0.29, 0.717) is 0 Å². The fourth-order valence-corrected chi connectivity index (χ4v) is 1.61. The largest absolute Gasteiger partial charge is 0.275 e. The zero-order valence-electron chi connectivity index (χ0n) is 9.01. The van der Waals surface area contributed by atoms with Crippen LogP contribution in [0.1, 0.15) is 44.4 Å². The molecule has 1 aromatic rings. The smallest absolute Gasteiger partial charge is 0.0656 e. The van der Waals surface area contributed by atoms with Gasteiger partial charge in [0.25, 0.3) is 0 Å². The van der Waals surface area contributed by atoms with Crippen molar-refractivity contribution in [3.05, 3.63) is 17.5 Å². The highest BCUT2D eigenvalue weighted by Gasteiger charge is 2.11. The van der Waals surface area contributed by atoms with Crippen LogP contribution >= 0.6 is 0 Å². The molecule has 0 amide bonds. The predicted molar refractivity (Wildman–Crippen MR) is 55.8 cm³/mol. The maximum Gasteiger partial charge on any atom is 0.0656 e. The Morgan fingerprint density at radius 3 is 2.54 bits per heavy atom. The van der Waals surface area contributed by atoms with Gasteiger partial charge in [-0.1, -0.05) is 20.3 Å². The molecule has 13 heavy (non-hydrogen) atoms. The molecule has 2 nitrogen and oxygen atoms in total. The Labute approximate surface area is 81.0 Å². The molecule has 1 aliphatic rings. The molecule has 74 valence electrons. The van der Waals surface area contributed by atoms with Crippen LogP contribution in [0, 0.1) is 0 Å². The van der Waals surface area contributed by atoms with E-state index in [2.05, 4.69) is 25.1 Å². The molecule has 0 atom stereocenters. The summed E-state index contributed by atoms with van der Waals surface area (Å²) in [5, 5.41) is 4.37. The van der Waals surface area contributed by atoms with Crippen molar-refractivity contribution in [2.75, 3.05) is 0 Å². The summed E-state index contributed by atoms with van der Waals surface area (Å²) in [6.07, 6.45) is 8.50. The lowest BCUT2D eigenvalue weighted by molar-refractivity contribution is 0.664. The van der Waals surface area contributed by atoms with E-state index >= 15 is 0 Å². The van der Waals surface area contributed by atoms with Crippen LogP contribution in [0.5, 0.6) is 0 Å². The number of aryl methyl sites for hydroxylation is 3. The number of rotatable bonds is 0. The van der Waals surface area contributed by atoms with Crippen molar-refractivity contribution in [1.82, 2.24) is 9.78 Å². The lowest BCUT2D eigenvalue weighted by atomic mass is 9.99. The van der Waals surface area contributed by atoms with Crippen LogP contribution in [0.25, 0.3) is 0 Å². The summed E-state index contributed by atoms with van der Waals surface area (Å²) in [4.78, 5) is 0. The summed E-state index contributed by atoms with van der Waals surface area (Å²) in [5.41, 5.74) is 2.79. The third-order valence-corrected chi connectivity index (χ3v) is 2.10. The lowest BCUT2D eigenvalue weighted by Gasteiger charge is -2.06. The Bertz CT molecular complexity index is 227. The molecular weight excluding hydrogens is 160 g/mol. The standard InChI is InChI=1S/C8H12N2.C3H8/c1-10-6-7-4-2-3-5-8(7)9-10;1-3-2/h6H,2-5H2,1H3;3H2,1-2H3. The van der Waals surface area contributed by atoms with Crippen LogP contribution < -0.4 is 0 Å². The van der Waals surface area contributed by atoms with Gasteiger partial charge < -0.3 is 0 Å². The first kappa shape index (κ1) is 10.3. The summed E-state index contributed by atoms with van der Waals surface area (Å²) in [5.74, 6) is 0. The van der Waals surface area contributed by atoms with Gasteiger partial charge in [-0.2, -0.15) is 5.10 Å². The number of hydrogen-bond donors (Lipinski definition) is 0. The Kier molecular flexibility index (Phi) is 4.00. The third kappa shape index (κ3) is 2.87. The normalized spacial score (nSPS) is 14.4. The molecule has 0 aromatic carbocycles. The van der Waals surface area contributed by atoms with Crippen molar-refractivity contribution in [1.29, 1.82) is 0 Å². The van der Waals surface area contributed by atoms with E-state index < -0.39 is 0 Å². The first-order chi connectivity index (χ1) is 6.27. The number of aromatic nitrogens is 2. The average molecular weight is 180 g/mol. The molecule has 0 aliphatic heterocycles. The Morgan fingerprint density at radius 2 is 1.92 bits per heavy atom. The molecule has 0 radical (unpaired) electrons. The Morgan fingerprint density at radius 1 is 1.31 bits per heavy atom. The Balaban J connectivity index is 0.000000251. The number of fused-ring (bicyclic) bond motifs is 1. The van der Waals surface area contributed by atoms with E-state index in [4.69, 9.17) is 0 Å². The highest BCUT2D eigenvalue weighted by molar-refractivity contribution is 5.19. The highest BCUT2D eigenvalue weighted by Crippen LogP contribution is 2.18. The topological polar surface area (TPSA) is 17.8 Å². The maximum atomic E-state index is 4.37. The van der Waals surface area contributed by atoms with E-state index in [1.807, 2.05) is 11.7 Å². The molecule has 0 saturated heterocycles. The predicted octanol–water partition coefficient (Wildman–Crippen LogP) is 2.72. The lowest BCUT2D eigenvalue weighted by Crippen LogP contribution is -1.99. The summed E-state index contributed by atoms with van der Waals surface area (Å²) >= 11 is 0. The van der Waals surface area contributed by atoms with Gasteiger partial charge in [0.1, 0.15) is 0 Å². The van der Waals surface area contributed by atoms with E-state index in [1.165, 1.54) is 43.4 Å². The van der Waals surface area contributed by atoms with E-state index in [0.717, 1.165) is 0 Å². The molecule has 2 rings (SSSR count). The van der Waals surface area contributed by atoms with Gasteiger partial charge in [-0.25, -0.2) is 0 Å². The molecule has 0 saturated carbocycles. The van der Waals surface area contributed by atoms with Gasteiger partial charge in [0, 0.05) is 13.2 Å². The molecule has 0 spiro atoms. The molecular formula is C11H20N2. The fourth-order valence-electron chi connectivity index (χ4n) is 1.61. The number of hydrogen-bond acceptors (Lipinski definition) is 1. The minimum Gasteiger partial charge on any atom is -0.275 e. The fraction of sp³-hybridized carbons (Fsp3) is 0.727. The first-order valence-corrected chi connectivity index (χ1v) is 5.29. The van der Waals surface area contributed by atoms with Crippen LogP contribution in [0.2, 0.25) is 0 Å². The minimum absolute atomic E-state index is 1.19. The van der Waals surface area contributed by atoms with Crippen molar-refractivity contribution in [3.8, 4) is 0 Å². The maximum absolute atomic E-state index is 4.37. The number of nitrogens with zero attached hydrogens (tertiary/aromatic N) is 2. The van der Waals surface area contributed by atoms with Gasteiger partial charge in [-0.3, -0.25) is 4.68 Å². The molecule has 0 N–H and O–H groups in total. The van der Waals surface area contributed by atoms with Crippen LogP contribution in [-0.4, -0.2) is 9.78 Å². The quantitative estimate of drug-likeness (QED) is 0.600. The molecule has 1 aromatic heterocycles. The zero-order chi connectivity index (χ0) is 9.68. The van der Waals surface area contributed by atoms with Crippen LogP contribution in [-0.2, 0) is 19.9 Å². The van der Waals surface area contributed by atoms with Crippen molar-refractivity contribution >= 4 is 0 Å². The summed E-state index contributed by atoms with van der Waals surface area (Å²) in [7, 11) is 2.00. The van der Waals surface area contributed by atoms with Gasteiger partial charge in [0.05, 0.1) is 5.69 Å². The van der Waals surface area contributed by atoms with Crippen molar-refractivity contribution < 1.29 is 0 Å². The van der Waals surface area contributed by atoms with Crippen LogP contribution in [0.15, 0.2) is 6.20 Å². The average Bonchev–Trinajstić information content (AvgIpc) is 2.45. The molecule has 0 fully saturated rings. The molecule has 1 aliphatic carbocycles.